The van der Waals surface area contributed by atoms with E-state index in [-0.39, 0.29) is 18.7 Å². The highest BCUT2D eigenvalue weighted by Crippen LogP contribution is 2.35. The minimum atomic E-state index is -4.37. The summed E-state index contributed by atoms with van der Waals surface area (Å²) in [6.45, 7) is 0.668. The summed E-state index contributed by atoms with van der Waals surface area (Å²) < 4.78 is 40.7. The van der Waals surface area contributed by atoms with Crippen LogP contribution in [0.3, 0.4) is 0 Å². The van der Waals surface area contributed by atoms with Crippen LogP contribution in [0.15, 0.2) is 24.3 Å². The van der Waals surface area contributed by atoms with Gasteiger partial charge in [-0.05, 0) is 31.4 Å². The van der Waals surface area contributed by atoms with E-state index in [9.17, 15) is 18.0 Å². The third-order valence-corrected chi connectivity index (χ3v) is 4.13. The molecule has 0 spiro atoms. The largest absolute Gasteiger partial charge is 0.411 e. The highest BCUT2D eigenvalue weighted by atomic mass is 35.5. The lowest BCUT2D eigenvalue weighted by molar-refractivity contribution is -0.174. The predicted octanol–water partition coefficient (Wildman–Crippen LogP) is 4.15. The number of nitrogens with one attached hydrogen (secondary N) is 1. The van der Waals surface area contributed by atoms with E-state index in [0.717, 1.165) is 18.4 Å². The second-order valence-corrected chi connectivity index (χ2v) is 6.26. The number of urea groups is 1. The Hall–Kier alpha value is -1.47. The van der Waals surface area contributed by atoms with Crippen LogP contribution in [0.4, 0.5) is 18.0 Å². The first kappa shape index (κ1) is 18.9. The van der Waals surface area contributed by atoms with Crippen molar-refractivity contribution in [2.45, 2.75) is 38.0 Å². The number of nitrogens with zero attached hydrogens (tertiary/aromatic N) is 1. The molecule has 8 heteroatoms. The second-order valence-electron chi connectivity index (χ2n) is 5.85. The van der Waals surface area contributed by atoms with Crippen molar-refractivity contribution in [2.75, 3.05) is 19.8 Å². The lowest BCUT2D eigenvalue weighted by Gasteiger charge is -2.27. The Balaban J connectivity index is 1.90. The minimum Gasteiger partial charge on any atom is -0.370 e. The van der Waals surface area contributed by atoms with Crippen molar-refractivity contribution in [2.24, 2.45) is 0 Å². The van der Waals surface area contributed by atoms with Crippen LogP contribution < -0.4 is 5.32 Å². The van der Waals surface area contributed by atoms with E-state index in [1.807, 2.05) is 18.2 Å². The number of amides is 2. The van der Waals surface area contributed by atoms with Crippen molar-refractivity contribution in [3.05, 3.63) is 34.9 Å². The number of alkyl halides is 3. The summed E-state index contributed by atoms with van der Waals surface area (Å²) in [6, 6.07) is 6.39. The van der Waals surface area contributed by atoms with Gasteiger partial charge in [0.05, 0.1) is 18.7 Å². The highest BCUT2D eigenvalue weighted by molar-refractivity contribution is 6.31. The molecule has 1 N–H and O–H groups in total. The average Bonchev–Trinajstić information content (AvgIpc) is 2.95. The fourth-order valence-electron chi connectivity index (χ4n) is 2.77. The van der Waals surface area contributed by atoms with Gasteiger partial charge in [-0.15, -0.1) is 0 Å². The molecule has 2 rings (SSSR count). The zero-order valence-electron chi connectivity index (χ0n) is 13.3. The first-order chi connectivity index (χ1) is 11.3. The number of carbonyl (C=O) groups excluding carboxylic acids is 1. The maximum absolute atomic E-state index is 12.4. The first-order valence-electron chi connectivity index (χ1n) is 7.74. The van der Waals surface area contributed by atoms with Crippen LogP contribution in [0, 0.1) is 0 Å². The third kappa shape index (κ3) is 5.27. The van der Waals surface area contributed by atoms with Crippen molar-refractivity contribution in [3.63, 3.8) is 0 Å². The molecule has 1 aliphatic rings. The summed E-state index contributed by atoms with van der Waals surface area (Å²) in [5.41, 5.74) is 0.882. The number of rotatable bonds is 5. The molecule has 0 saturated carbocycles. The van der Waals surface area contributed by atoms with Crippen LogP contribution in [-0.2, 0) is 4.74 Å². The molecule has 24 heavy (non-hydrogen) atoms. The van der Waals surface area contributed by atoms with Crippen molar-refractivity contribution >= 4 is 17.6 Å². The average molecular weight is 365 g/mol. The van der Waals surface area contributed by atoms with Crippen LogP contribution in [0.5, 0.6) is 0 Å². The summed E-state index contributed by atoms with van der Waals surface area (Å²) in [6.07, 6.45) is -2.72. The van der Waals surface area contributed by atoms with Gasteiger partial charge in [0.1, 0.15) is 6.61 Å². The molecular formula is C16H20ClF3N2O2. The molecule has 1 aliphatic heterocycles. The molecule has 1 fully saturated rings. The predicted molar refractivity (Wildman–Crippen MR) is 85.0 cm³/mol. The van der Waals surface area contributed by atoms with Crippen molar-refractivity contribution in [3.8, 4) is 0 Å². The van der Waals surface area contributed by atoms with E-state index in [0.29, 0.717) is 11.6 Å². The maximum atomic E-state index is 12.4. The van der Waals surface area contributed by atoms with E-state index >= 15 is 0 Å². The molecular weight excluding hydrogens is 345 g/mol. The summed E-state index contributed by atoms with van der Waals surface area (Å²) in [7, 11) is 0. The second kappa shape index (κ2) is 8.07. The zero-order chi connectivity index (χ0) is 17.7. The molecule has 1 heterocycles. The molecule has 1 aromatic rings. The standard InChI is InChI=1S/C16H20ClF3N2O2/c1-11(9-24-10-16(18,19)20)21-15(23)22-8-4-7-14(22)12-5-2-3-6-13(12)17/h2-3,5-6,11,14H,4,7-10H2,1H3,(H,21,23)/t11-,14+/m1/s1. The fraction of sp³-hybridized carbons (Fsp3) is 0.562. The molecule has 0 unspecified atom stereocenters. The number of ether oxygens (including phenoxy) is 1. The number of hydrogen-bond acceptors (Lipinski definition) is 2. The first-order valence-corrected chi connectivity index (χ1v) is 8.12. The lowest BCUT2D eigenvalue weighted by atomic mass is 10.0. The summed E-state index contributed by atoms with van der Waals surface area (Å²) in [5.74, 6) is 0. The minimum absolute atomic E-state index is 0.123. The Morgan fingerprint density at radius 2 is 2.17 bits per heavy atom. The summed E-state index contributed by atoms with van der Waals surface area (Å²) >= 11 is 6.21. The molecule has 0 aliphatic carbocycles. The Morgan fingerprint density at radius 3 is 2.83 bits per heavy atom. The Morgan fingerprint density at radius 1 is 1.46 bits per heavy atom. The number of halogens is 4. The van der Waals surface area contributed by atoms with Crippen LogP contribution >= 0.6 is 11.6 Å². The SMILES string of the molecule is C[C@H](COCC(F)(F)F)NC(=O)N1CCC[C@H]1c1ccccc1Cl. The van der Waals surface area contributed by atoms with Gasteiger partial charge in [0, 0.05) is 11.6 Å². The summed E-state index contributed by atoms with van der Waals surface area (Å²) in [5, 5.41) is 3.28. The molecule has 1 saturated heterocycles. The monoisotopic (exact) mass is 364 g/mol. The Kier molecular flexibility index (Phi) is 6.34. The van der Waals surface area contributed by atoms with Gasteiger partial charge in [0.15, 0.2) is 0 Å². The molecule has 0 bridgehead atoms. The van der Waals surface area contributed by atoms with Gasteiger partial charge in [-0.1, -0.05) is 29.8 Å². The van der Waals surface area contributed by atoms with E-state index in [2.05, 4.69) is 10.1 Å². The van der Waals surface area contributed by atoms with Gasteiger partial charge < -0.3 is 15.0 Å². The molecule has 1 aromatic carbocycles. The fourth-order valence-corrected chi connectivity index (χ4v) is 3.03. The van der Waals surface area contributed by atoms with Crippen LogP contribution in [-0.4, -0.2) is 42.9 Å². The van der Waals surface area contributed by atoms with Crippen LogP contribution in [0.1, 0.15) is 31.4 Å². The lowest BCUT2D eigenvalue weighted by Crippen LogP contribution is -2.45. The van der Waals surface area contributed by atoms with Gasteiger partial charge in [-0.25, -0.2) is 4.79 Å². The smallest absolute Gasteiger partial charge is 0.370 e. The van der Waals surface area contributed by atoms with Crippen LogP contribution in [0.25, 0.3) is 0 Å². The molecule has 134 valence electrons. The zero-order valence-corrected chi connectivity index (χ0v) is 14.0. The molecule has 0 aromatic heterocycles. The van der Waals surface area contributed by atoms with Gasteiger partial charge in [0.25, 0.3) is 0 Å². The van der Waals surface area contributed by atoms with E-state index in [1.54, 1.807) is 17.9 Å². The van der Waals surface area contributed by atoms with E-state index in [4.69, 9.17) is 11.6 Å². The molecule has 0 radical (unpaired) electrons. The van der Waals surface area contributed by atoms with Gasteiger partial charge in [-0.2, -0.15) is 13.2 Å². The molecule has 2 amide bonds. The van der Waals surface area contributed by atoms with E-state index < -0.39 is 18.8 Å². The number of hydrogen-bond donors (Lipinski definition) is 1. The quantitative estimate of drug-likeness (QED) is 0.852. The normalized spacial score (nSPS) is 19.4. The Labute approximate surface area is 143 Å². The highest BCUT2D eigenvalue weighted by Gasteiger charge is 2.32. The van der Waals surface area contributed by atoms with Crippen LogP contribution in [0.2, 0.25) is 5.02 Å². The van der Waals surface area contributed by atoms with E-state index in [1.165, 1.54) is 0 Å². The third-order valence-electron chi connectivity index (χ3n) is 3.78. The van der Waals surface area contributed by atoms with Crippen molar-refractivity contribution < 1.29 is 22.7 Å². The Bertz CT molecular complexity index is 568. The molecule has 2 atom stereocenters. The summed E-state index contributed by atoms with van der Waals surface area (Å²) in [4.78, 5) is 14.1. The van der Waals surface area contributed by atoms with Crippen molar-refractivity contribution in [1.29, 1.82) is 0 Å². The number of likely N-dealkylation sites (tertiary alicyclic amines) is 1. The molecule has 4 nitrogen and oxygen atoms in total. The van der Waals surface area contributed by atoms with Gasteiger partial charge in [-0.3, -0.25) is 0 Å². The van der Waals surface area contributed by atoms with Gasteiger partial charge >= 0.3 is 12.2 Å². The topological polar surface area (TPSA) is 41.6 Å². The number of carbonyl (C=O) groups is 1. The van der Waals surface area contributed by atoms with Gasteiger partial charge in [0.2, 0.25) is 0 Å². The van der Waals surface area contributed by atoms with Crippen molar-refractivity contribution in [1.82, 2.24) is 10.2 Å². The number of benzene rings is 1. The maximum Gasteiger partial charge on any atom is 0.411 e.